The predicted octanol–water partition coefficient (Wildman–Crippen LogP) is 3.27. The van der Waals surface area contributed by atoms with Gasteiger partial charge in [0.05, 0.1) is 23.0 Å². The zero-order valence-corrected chi connectivity index (χ0v) is 12.6. The highest BCUT2D eigenvalue weighted by molar-refractivity contribution is 6.11. The zero-order valence-electron chi connectivity index (χ0n) is 12.6. The Morgan fingerprint density at radius 1 is 0.958 bits per heavy atom. The number of aromatic amines is 1. The first kappa shape index (κ1) is 14.1. The van der Waals surface area contributed by atoms with Gasteiger partial charge in [-0.25, -0.2) is 4.98 Å². The molecule has 0 radical (unpaired) electrons. The molecular weight excluding hydrogens is 302 g/mol. The molecule has 0 fully saturated rings. The van der Waals surface area contributed by atoms with Crippen LogP contribution in [0.4, 0.5) is 5.82 Å². The van der Waals surface area contributed by atoms with Gasteiger partial charge in [-0.1, -0.05) is 18.2 Å². The summed E-state index contributed by atoms with van der Waals surface area (Å²) in [5.74, 6) is 0.249. The number of fused-ring (bicyclic) bond motifs is 1. The maximum atomic E-state index is 12.5. The molecule has 0 saturated heterocycles. The lowest BCUT2D eigenvalue weighted by Crippen LogP contribution is -2.13. The van der Waals surface area contributed by atoms with Gasteiger partial charge >= 0.3 is 0 Å². The van der Waals surface area contributed by atoms with Gasteiger partial charge in [-0.2, -0.15) is 5.10 Å². The number of H-pyrrole nitrogens is 1. The van der Waals surface area contributed by atoms with Crippen molar-refractivity contribution in [2.24, 2.45) is 0 Å². The van der Waals surface area contributed by atoms with Gasteiger partial charge in [-0.15, -0.1) is 0 Å². The molecule has 6 heteroatoms. The number of hydrogen-bond acceptors (Lipinski definition) is 4. The highest BCUT2D eigenvalue weighted by atomic mass is 16.1. The number of nitrogens with one attached hydrogen (secondary N) is 2. The van der Waals surface area contributed by atoms with E-state index in [9.17, 15) is 4.79 Å². The molecule has 1 aromatic carbocycles. The Kier molecular flexibility index (Phi) is 3.47. The molecule has 1 amide bonds. The first-order valence-corrected chi connectivity index (χ1v) is 7.42. The van der Waals surface area contributed by atoms with Crippen LogP contribution < -0.4 is 5.32 Å². The van der Waals surface area contributed by atoms with Crippen molar-refractivity contribution in [1.29, 1.82) is 0 Å². The molecule has 0 aliphatic heterocycles. The van der Waals surface area contributed by atoms with E-state index in [1.807, 2.05) is 36.4 Å². The Labute approximate surface area is 137 Å². The third-order valence-electron chi connectivity index (χ3n) is 3.69. The van der Waals surface area contributed by atoms with Crippen molar-refractivity contribution in [1.82, 2.24) is 20.2 Å². The maximum absolute atomic E-state index is 12.5. The maximum Gasteiger partial charge on any atom is 0.259 e. The summed E-state index contributed by atoms with van der Waals surface area (Å²) >= 11 is 0. The Bertz CT molecular complexity index is 993. The Balaban J connectivity index is 1.57. The summed E-state index contributed by atoms with van der Waals surface area (Å²) in [6.45, 7) is 0. The second-order valence-corrected chi connectivity index (χ2v) is 5.24. The molecule has 0 spiro atoms. The summed E-state index contributed by atoms with van der Waals surface area (Å²) < 4.78 is 0. The van der Waals surface area contributed by atoms with Crippen molar-refractivity contribution in [3.63, 3.8) is 0 Å². The number of anilines is 1. The molecule has 0 bridgehead atoms. The lowest BCUT2D eigenvalue weighted by molar-refractivity contribution is 0.102. The minimum Gasteiger partial charge on any atom is -0.306 e. The first-order valence-electron chi connectivity index (χ1n) is 7.42. The average molecular weight is 315 g/mol. The van der Waals surface area contributed by atoms with Gasteiger partial charge in [-0.3, -0.25) is 14.9 Å². The van der Waals surface area contributed by atoms with E-state index in [0.717, 1.165) is 16.6 Å². The van der Waals surface area contributed by atoms with Crippen LogP contribution in [0.15, 0.2) is 67.1 Å². The largest absolute Gasteiger partial charge is 0.306 e. The molecule has 3 heterocycles. The van der Waals surface area contributed by atoms with Crippen LogP contribution in [-0.2, 0) is 0 Å². The quantitative estimate of drug-likeness (QED) is 0.608. The van der Waals surface area contributed by atoms with Crippen molar-refractivity contribution >= 4 is 22.6 Å². The molecule has 4 rings (SSSR count). The molecule has 0 aliphatic carbocycles. The minimum absolute atomic E-state index is 0.233. The lowest BCUT2D eigenvalue weighted by Gasteiger charge is -2.06. The number of aromatic nitrogens is 4. The summed E-state index contributed by atoms with van der Waals surface area (Å²) in [6, 6.07) is 14.8. The number of nitrogens with zero attached hydrogens (tertiary/aromatic N) is 3. The Hall–Kier alpha value is -3.54. The smallest absolute Gasteiger partial charge is 0.259 e. The molecule has 24 heavy (non-hydrogen) atoms. The van der Waals surface area contributed by atoms with E-state index >= 15 is 0 Å². The molecule has 0 unspecified atom stereocenters. The fraction of sp³-hybridized carbons (Fsp3) is 0. The SMILES string of the molecule is O=C(Nc1ccc(-c2ccccn2)cn1)c1cccc2cn[nH]c12. The zero-order chi connectivity index (χ0) is 16.4. The van der Waals surface area contributed by atoms with E-state index in [-0.39, 0.29) is 5.91 Å². The Morgan fingerprint density at radius 2 is 1.92 bits per heavy atom. The fourth-order valence-corrected chi connectivity index (χ4v) is 2.49. The second-order valence-electron chi connectivity index (χ2n) is 5.24. The van der Waals surface area contributed by atoms with Crippen molar-refractivity contribution in [2.45, 2.75) is 0 Å². The molecule has 3 aromatic heterocycles. The predicted molar refractivity (Wildman–Crippen MR) is 91.5 cm³/mol. The number of benzene rings is 1. The summed E-state index contributed by atoms with van der Waals surface area (Å²) in [5.41, 5.74) is 2.97. The molecule has 0 saturated carbocycles. The standard InChI is InChI=1S/C18H13N5O/c24-18(14-5-3-4-13-11-21-23-17(13)14)22-16-8-7-12(10-20-16)15-6-1-2-9-19-15/h1-11H,(H,21,23)(H,20,22,24). The third-order valence-corrected chi connectivity index (χ3v) is 3.69. The average Bonchev–Trinajstić information content (AvgIpc) is 3.12. The lowest BCUT2D eigenvalue weighted by atomic mass is 10.1. The summed E-state index contributed by atoms with van der Waals surface area (Å²) in [6.07, 6.45) is 5.11. The van der Waals surface area contributed by atoms with Gasteiger partial charge in [0.15, 0.2) is 0 Å². The van der Waals surface area contributed by atoms with Crippen LogP contribution in [0.3, 0.4) is 0 Å². The van der Waals surface area contributed by atoms with Gasteiger partial charge in [-0.05, 0) is 30.3 Å². The van der Waals surface area contributed by atoms with Crippen molar-refractivity contribution in [3.05, 3.63) is 72.7 Å². The highest BCUT2D eigenvalue weighted by Gasteiger charge is 2.12. The van der Waals surface area contributed by atoms with Crippen LogP contribution in [0.2, 0.25) is 0 Å². The van der Waals surface area contributed by atoms with Crippen molar-refractivity contribution < 1.29 is 4.79 Å². The number of para-hydroxylation sites is 1. The van der Waals surface area contributed by atoms with Crippen molar-refractivity contribution in [3.8, 4) is 11.3 Å². The molecule has 116 valence electrons. The van der Waals surface area contributed by atoms with Gasteiger partial charge in [0.25, 0.3) is 5.91 Å². The molecule has 6 nitrogen and oxygen atoms in total. The van der Waals surface area contributed by atoms with Crippen LogP contribution in [-0.4, -0.2) is 26.1 Å². The van der Waals surface area contributed by atoms with Crippen molar-refractivity contribution in [2.75, 3.05) is 5.32 Å². The second kappa shape index (κ2) is 5.92. The van der Waals surface area contributed by atoms with Crippen LogP contribution >= 0.6 is 0 Å². The van der Waals surface area contributed by atoms with Crippen LogP contribution in [0.5, 0.6) is 0 Å². The summed E-state index contributed by atoms with van der Waals surface area (Å²) in [7, 11) is 0. The van der Waals surface area contributed by atoms with E-state index in [0.29, 0.717) is 16.9 Å². The first-order chi connectivity index (χ1) is 11.8. The highest BCUT2D eigenvalue weighted by Crippen LogP contribution is 2.19. The molecule has 2 N–H and O–H groups in total. The number of amides is 1. The molecular formula is C18H13N5O. The number of rotatable bonds is 3. The van der Waals surface area contributed by atoms with E-state index in [1.54, 1.807) is 30.7 Å². The van der Waals surface area contributed by atoms with E-state index in [4.69, 9.17) is 0 Å². The fourth-order valence-electron chi connectivity index (χ4n) is 2.49. The normalized spacial score (nSPS) is 10.7. The van der Waals surface area contributed by atoms with Gasteiger partial charge in [0, 0.05) is 23.3 Å². The van der Waals surface area contributed by atoms with Crippen LogP contribution in [0.25, 0.3) is 22.2 Å². The van der Waals surface area contributed by atoms with Crippen LogP contribution in [0, 0.1) is 0 Å². The number of pyridine rings is 2. The monoisotopic (exact) mass is 315 g/mol. The number of carbonyl (C=O) groups excluding carboxylic acids is 1. The van der Waals surface area contributed by atoms with Gasteiger partial charge < -0.3 is 5.32 Å². The Morgan fingerprint density at radius 3 is 2.71 bits per heavy atom. The topological polar surface area (TPSA) is 83.6 Å². The van der Waals surface area contributed by atoms with E-state index in [2.05, 4.69) is 25.5 Å². The van der Waals surface area contributed by atoms with Gasteiger partial charge in [0.2, 0.25) is 0 Å². The molecule has 0 atom stereocenters. The summed E-state index contributed by atoms with van der Waals surface area (Å²) in [4.78, 5) is 21.0. The summed E-state index contributed by atoms with van der Waals surface area (Å²) in [5, 5.41) is 10.5. The van der Waals surface area contributed by atoms with E-state index in [1.165, 1.54) is 0 Å². The number of hydrogen-bond donors (Lipinski definition) is 2. The van der Waals surface area contributed by atoms with Crippen LogP contribution in [0.1, 0.15) is 10.4 Å². The van der Waals surface area contributed by atoms with E-state index < -0.39 is 0 Å². The molecule has 0 aliphatic rings. The minimum atomic E-state index is -0.233. The molecule has 4 aromatic rings. The number of carbonyl (C=O) groups is 1. The third kappa shape index (κ3) is 2.61. The van der Waals surface area contributed by atoms with Gasteiger partial charge in [0.1, 0.15) is 5.82 Å².